The van der Waals surface area contributed by atoms with Gasteiger partial charge in [-0.1, -0.05) is 30.4 Å². The number of carboxylic acid groups (broad SMARTS) is 2. The van der Waals surface area contributed by atoms with Crippen LogP contribution in [0.25, 0.3) is 6.08 Å². The number of hydrogen-bond acceptors (Lipinski definition) is 6. The summed E-state index contributed by atoms with van der Waals surface area (Å²) in [7, 11) is 1.59. The summed E-state index contributed by atoms with van der Waals surface area (Å²) in [5.41, 5.74) is 0.836. The van der Waals surface area contributed by atoms with Gasteiger partial charge in [-0.3, -0.25) is 0 Å². The summed E-state index contributed by atoms with van der Waals surface area (Å²) in [4.78, 5) is 20.0. The molecule has 8 heteroatoms. The second-order valence-corrected chi connectivity index (χ2v) is 5.19. The van der Waals surface area contributed by atoms with Crippen LogP contribution < -0.4 is 10.1 Å². The topological polar surface area (TPSA) is 136 Å². The fraction of sp³-hybridized carbons (Fsp3) is 0.333. The summed E-state index contributed by atoms with van der Waals surface area (Å²) in [5.74, 6) is -1.08. The number of hydrogen-bond donors (Lipinski definition) is 5. The van der Waals surface area contributed by atoms with Gasteiger partial charge < -0.3 is 30.5 Å². The molecule has 0 radical (unpaired) electrons. The molecule has 0 aliphatic carbocycles. The van der Waals surface area contributed by atoms with Crippen LogP contribution in [0.4, 0.5) is 0 Å². The normalized spacial score (nSPS) is 10.3. The van der Waals surface area contributed by atoms with Crippen LogP contribution in [0, 0.1) is 0 Å². The highest BCUT2D eigenvalue weighted by Gasteiger charge is 1.91. The SMILES string of the molecule is CC=CCC=CC(=O)O.COc1ccc(C=CC(=O)O)cc1.OCCNCCO. The fourth-order valence-corrected chi connectivity index (χ4v) is 1.55. The Morgan fingerprint density at radius 1 is 0.966 bits per heavy atom. The van der Waals surface area contributed by atoms with Crippen molar-refractivity contribution in [1.82, 2.24) is 5.32 Å². The van der Waals surface area contributed by atoms with E-state index in [1.807, 2.05) is 19.1 Å². The molecule has 1 rings (SSSR count). The maximum atomic E-state index is 10.2. The van der Waals surface area contributed by atoms with Gasteiger partial charge in [-0.05, 0) is 37.1 Å². The van der Waals surface area contributed by atoms with E-state index in [4.69, 9.17) is 25.2 Å². The molecule has 0 heterocycles. The zero-order chi connectivity index (χ0) is 22.3. The van der Waals surface area contributed by atoms with E-state index in [-0.39, 0.29) is 13.2 Å². The van der Waals surface area contributed by atoms with Gasteiger partial charge in [0.25, 0.3) is 0 Å². The molecule has 0 spiro atoms. The minimum atomic E-state index is -0.948. The Hall–Kier alpha value is -2.94. The molecule has 1 aromatic rings. The van der Waals surface area contributed by atoms with Crippen LogP contribution in [0.15, 0.2) is 54.6 Å². The molecule has 0 saturated carbocycles. The van der Waals surface area contributed by atoms with Gasteiger partial charge in [0.1, 0.15) is 5.75 Å². The van der Waals surface area contributed by atoms with Crippen molar-refractivity contribution in [1.29, 1.82) is 0 Å². The van der Waals surface area contributed by atoms with Gasteiger partial charge in [0, 0.05) is 25.2 Å². The first-order chi connectivity index (χ1) is 13.9. The fourth-order valence-electron chi connectivity index (χ4n) is 1.55. The minimum Gasteiger partial charge on any atom is -0.497 e. The number of allylic oxidation sites excluding steroid dienone is 3. The summed E-state index contributed by atoms with van der Waals surface area (Å²) in [5, 5.41) is 35.5. The molecule has 162 valence electrons. The quantitative estimate of drug-likeness (QED) is 0.225. The van der Waals surface area contributed by atoms with E-state index in [0.29, 0.717) is 19.5 Å². The van der Waals surface area contributed by atoms with Gasteiger partial charge >= 0.3 is 11.9 Å². The molecule has 0 atom stereocenters. The Bertz CT molecular complexity index is 618. The number of aliphatic hydroxyl groups is 2. The van der Waals surface area contributed by atoms with E-state index in [9.17, 15) is 9.59 Å². The van der Waals surface area contributed by atoms with Crippen molar-refractivity contribution in [3.05, 3.63) is 60.2 Å². The second kappa shape index (κ2) is 21.4. The summed E-state index contributed by atoms with van der Waals surface area (Å²) >= 11 is 0. The van der Waals surface area contributed by atoms with Crippen molar-refractivity contribution in [2.45, 2.75) is 13.3 Å². The van der Waals surface area contributed by atoms with Crippen LogP contribution >= 0.6 is 0 Å². The first-order valence-corrected chi connectivity index (χ1v) is 8.89. The molecule has 29 heavy (non-hydrogen) atoms. The minimum absolute atomic E-state index is 0.139. The number of aliphatic hydroxyl groups excluding tert-OH is 2. The van der Waals surface area contributed by atoms with Crippen molar-refractivity contribution in [2.24, 2.45) is 0 Å². The number of methoxy groups -OCH3 is 1. The third-order valence-electron chi connectivity index (χ3n) is 2.88. The maximum absolute atomic E-state index is 10.2. The largest absolute Gasteiger partial charge is 0.497 e. The highest BCUT2D eigenvalue weighted by molar-refractivity contribution is 5.85. The van der Waals surface area contributed by atoms with Gasteiger partial charge in [0.2, 0.25) is 0 Å². The van der Waals surface area contributed by atoms with Crippen molar-refractivity contribution in [3.8, 4) is 5.75 Å². The molecule has 0 unspecified atom stereocenters. The van der Waals surface area contributed by atoms with E-state index < -0.39 is 11.9 Å². The maximum Gasteiger partial charge on any atom is 0.328 e. The van der Waals surface area contributed by atoms with Crippen molar-refractivity contribution >= 4 is 18.0 Å². The Labute approximate surface area is 171 Å². The molecule has 0 fully saturated rings. The summed E-state index contributed by atoms with van der Waals surface area (Å²) in [6.07, 6.45) is 9.83. The number of aliphatic carboxylic acids is 2. The molecule has 0 aliphatic rings. The lowest BCUT2D eigenvalue weighted by molar-refractivity contribution is -0.132. The third-order valence-corrected chi connectivity index (χ3v) is 2.88. The number of benzene rings is 1. The highest BCUT2D eigenvalue weighted by atomic mass is 16.5. The van der Waals surface area contributed by atoms with Gasteiger partial charge in [-0.25, -0.2) is 9.59 Å². The van der Waals surface area contributed by atoms with E-state index in [1.165, 1.54) is 6.08 Å². The first-order valence-electron chi connectivity index (χ1n) is 8.89. The lowest BCUT2D eigenvalue weighted by Crippen LogP contribution is -2.21. The predicted molar refractivity (Wildman–Crippen MR) is 113 cm³/mol. The molecule has 0 saturated heterocycles. The molecular weight excluding hydrogens is 378 g/mol. The Morgan fingerprint density at radius 3 is 1.93 bits per heavy atom. The third kappa shape index (κ3) is 23.0. The van der Waals surface area contributed by atoms with Crippen LogP contribution in [0.5, 0.6) is 5.75 Å². The number of rotatable bonds is 10. The Kier molecular flexibility index (Phi) is 20.8. The number of ether oxygens (including phenoxy) is 1. The molecule has 0 bridgehead atoms. The van der Waals surface area contributed by atoms with Gasteiger partial charge in [0.15, 0.2) is 0 Å². The van der Waals surface area contributed by atoms with Crippen molar-refractivity contribution in [2.75, 3.05) is 33.4 Å². The zero-order valence-electron chi connectivity index (χ0n) is 16.8. The van der Waals surface area contributed by atoms with E-state index in [1.54, 1.807) is 37.5 Å². The Balaban J connectivity index is 0. The molecule has 0 aliphatic heterocycles. The van der Waals surface area contributed by atoms with Gasteiger partial charge in [0.05, 0.1) is 20.3 Å². The standard InChI is InChI=1S/C10H10O3.C7H10O2.C4H11NO2/c1-13-9-5-2-8(3-6-9)4-7-10(11)12;1-2-3-4-5-6-7(8)9;6-3-1-5-2-4-7/h2-7H,1H3,(H,11,12);2-3,5-6H,4H2,1H3,(H,8,9);5-7H,1-4H2. The molecule has 1 aromatic carbocycles. The molecule has 5 N–H and O–H groups in total. The molecule has 0 aromatic heterocycles. The predicted octanol–water partition coefficient (Wildman–Crippen LogP) is 1.95. The molecule has 0 amide bonds. The molecular formula is C21H31NO7. The average Bonchev–Trinajstić information content (AvgIpc) is 2.71. The van der Waals surface area contributed by atoms with Crippen LogP contribution in [-0.4, -0.2) is 65.8 Å². The van der Waals surface area contributed by atoms with E-state index in [2.05, 4.69) is 5.32 Å². The van der Waals surface area contributed by atoms with Crippen LogP contribution in [0.1, 0.15) is 18.9 Å². The second-order valence-electron chi connectivity index (χ2n) is 5.19. The molecule has 8 nitrogen and oxygen atoms in total. The summed E-state index contributed by atoms with van der Waals surface area (Å²) in [6.45, 7) is 3.32. The zero-order valence-corrected chi connectivity index (χ0v) is 16.8. The number of nitrogens with one attached hydrogen (secondary N) is 1. The monoisotopic (exact) mass is 409 g/mol. The smallest absolute Gasteiger partial charge is 0.328 e. The van der Waals surface area contributed by atoms with Crippen LogP contribution in [-0.2, 0) is 9.59 Å². The summed E-state index contributed by atoms with van der Waals surface area (Å²) < 4.78 is 4.95. The number of carbonyl (C=O) groups is 2. The summed E-state index contributed by atoms with van der Waals surface area (Å²) in [6, 6.07) is 7.14. The average molecular weight is 409 g/mol. The lowest BCUT2D eigenvalue weighted by Gasteiger charge is -1.98. The van der Waals surface area contributed by atoms with Gasteiger partial charge in [-0.15, -0.1) is 0 Å². The van der Waals surface area contributed by atoms with Crippen molar-refractivity contribution in [3.63, 3.8) is 0 Å². The van der Waals surface area contributed by atoms with Crippen molar-refractivity contribution < 1.29 is 34.8 Å². The number of carboxylic acids is 2. The first kappa shape index (κ1) is 28.3. The van der Waals surface area contributed by atoms with Crippen LogP contribution in [0.3, 0.4) is 0 Å². The highest BCUT2D eigenvalue weighted by Crippen LogP contribution is 2.11. The Morgan fingerprint density at radius 2 is 1.52 bits per heavy atom. The lowest BCUT2D eigenvalue weighted by atomic mass is 10.2. The van der Waals surface area contributed by atoms with E-state index >= 15 is 0 Å². The van der Waals surface area contributed by atoms with Crippen LogP contribution in [0.2, 0.25) is 0 Å². The van der Waals surface area contributed by atoms with E-state index in [0.717, 1.165) is 23.5 Å². The van der Waals surface area contributed by atoms with Gasteiger partial charge in [-0.2, -0.15) is 0 Å².